The molecule has 3 N–H and O–H groups in total. The average Bonchev–Trinajstić information content (AvgIpc) is 2.82. The maximum absolute atomic E-state index is 12.0. The molecule has 0 aromatic carbocycles. The number of hydrogen-bond donors (Lipinski definition) is 2. The average molecular weight is 322 g/mol. The van der Waals surface area contributed by atoms with Gasteiger partial charge in [-0.3, -0.25) is 9.59 Å². The van der Waals surface area contributed by atoms with Crippen LogP contribution in [0.3, 0.4) is 0 Å². The van der Waals surface area contributed by atoms with Crippen molar-refractivity contribution in [3.05, 3.63) is 16.0 Å². The van der Waals surface area contributed by atoms with Gasteiger partial charge in [-0.25, -0.2) is 0 Å². The van der Waals surface area contributed by atoms with Gasteiger partial charge in [0.25, 0.3) is 5.91 Å². The zero-order valence-electron chi connectivity index (χ0n) is 13.5. The fourth-order valence-corrected chi connectivity index (χ4v) is 4.57. The summed E-state index contributed by atoms with van der Waals surface area (Å²) in [6.45, 7) is 4.26. The first-order valence-electron chi connectivity index (χ1n) is 8.30. The van der Waals surface area contributed by atoms with Gasteiger partial charge in [0.2, 0.25) is 5.91 Å². The Hall–Kier alpha value is -1.36. The Bertz CT molecular complexity index is 551. The molecule has 0 saturated heterocycles. The minimum atomic E-state index is -0.419. The fraction of sp³-hybridized carbons (Fsp3) is 0.647. The van der Waals surface area contributed by atoms with E-state index in [1.165, 1.54) is 17.7 Å². The topological polar surface area (TPSA) is 72.2 Å². The summed E-state index contributed by atoms with van der Waals surface area (Å²) in [6, 6.07) is 0. The van der Waals surface area contributed by atoms with Crippen LogP contribution in [0.5, 0.6) is 0 Å². The largest absolute Gasteiger partial charge is 0.365 e. The van der Waals surface area contributed by atoms with Gasteiger partial charge in [-0.15, -0.1) is 11.3 Å². The summed E-state index contributed by atoms with van der Waals surface area (Å²) in [5.74, 6) is 0.255. The molecule has 1 aromatic rings. The first kappa shape index (κ1) is 17.0. The monoisotopic (exact) mass is 322 g/mol. The van der Waals surface area contributed by atoms with Gasteiger partial charge in [-0.05, 0) is 37.2 Å². The molecule has 0 radical (unpaired) electrons. The zero-order valence-corrected chi connectivity index (χ0v) is 14.4. The van der Waals surface area contributed by atoms with E-state index in [1.807, 2.05) is 0 Å². The van der Waals surface area contributed by atoms with Crippen LogP contribution < -0.4 is 11.1 Å². The highest BCUT2D eigenvalue weighted by Gasteiger charge is 2.28. The van der Waals surface area contributed by atoms with E-state index < -0.39 is 5.91 Å². The molecule has 0 fully saturated rings. The predicted octanol–water partition coefficient (Wildman–Crippen LogP) is 3.88. The van der Waals surface area contributed by atoms with E-state index in [4.69, 9.17) is 5.73 Å². The number of amides is 2. The molecule has 0 aliphatic heterocycles. The Morgan fingerprint density at radius 3 is 2.73 bits per heavy atom. The van der Waals surface area contributed by atoms with Crippen molar-refractivity contribution in [2.75, 3.05) is 5.32 Å². The number of nitrogens with two attached hydrogens (primary N) is 1. The van der Waals surface area contributed by atoms with Gasteiger partial charge < -0.3 is 11.1 Å². The third kappa shape index (κ3) is 3.88. The number of thiophene rings is 1. The normalized spacial score (nSPS) is 17.1. The SMILES string of the molecule is CCCCC(=O)Nc1sc2c(c1C(N)=O)CC[C@@H](CCC)C2. The van der Waals surface area contributed by atoms with Gasteiger partial charge in [-0.1, -0.05) is 33.1 Å². The second kappa shape index (κ2) is 7.77. The summed E-state index contributed by atoms with van der Waals surface area (Å²) in [5.41, 5.74) is 7.20. The van der Waals surface area contributed by atoms with E-state index in [0.29, 0.717) is 22.9 Å². The van der Waals surface area contributed by atoms with Crippen molar-refractivity contribution in [1.82, 2.24) is 0 Å². The van der Waals surface area contributed by atoms with Crippen molar-refractivity contribution < 1.29 is 9.59 Å². The van der Waals surface area contributed by atoms with Crippen LogP contribution in [0.4, 0.5) is 5.00 Å². The molecule has 5 heteroatoms. The first-order valence-corrected chi connectivity index (χ1v) is 9.12. The maximum atomic E-state index is 12.0. The highest BCUT2D eigenvalue weighted by molar-refractivity contribution is 7.17. The Labute approximate surface area is 136 Å². The number of carbonyl (C=O) groups excluding carboxylic acids is 2. The maximum Gasteiger partial charge on any atom is 0.251 e. The molecule has 2 amide bonds. The molecule has 2 rings (SSSR count). The van der Waals surface area contributed by atoms with Gasteiger partial charge in [0, 0.05) is 11.3 Å². The van der Waals surface area contributed by atoms with Crippen molar-refractivity contribution in [3.8, 4) is 0 Å². The van der Waals surface area contributed by atoms with Gasteiger partial charge in [0.1, 0.15) is 5.00 Å². The molecule has 0 unspecified atom stereocenters. The molecule has 0 bridgehead atoms. The number of carbonyl (C=O) groups is 2. The third-order valence-corrected chi connectivity index (χ3v) is 5.49. The van der Waals surface area contributed by atoms with Crippen LogP contribution in [0.25, 0.3) is 0 Å². The van der Waals surface area contributed by atoms with Gasteiger partial charge >= 0.3 is 0 Å². The van der Waals surface area contributed by atoms with Gasteiger partial charge in [0.15, 0.2) is 0 Å². The van der Waals surface area contributed by atoms with E-state index in [2.05, 4.69) is 19.2 Å². The Morgan fingerprint density at radius 1 is 1.32 bits per heavy atom. The molecule has 1 atom stereocenters. The van der Waals surface area contributed by atoms with E-state index >= 15 is 0 Å². The molecule has 1 aromatic heterocycles. The standard InChI is InChI=1S/C17H26N2O2S/c1-3-5-7-14(20)19-17-15(16(18)21)12-9-8-11(6-4-2)10-13(12)22-17/h11H,3-10H2,1-2H3,(H2,18,21)(H,19,20)/t11-/m1/s1. The van der Waals surface area contributed by atoms with Crippen LogP contribution in [0.15, 0.2) is 0 Å². The van der Waals surface area contributed by atoms with Crippen LogP contribution >= 0.6 is 11.3 Å². The van der Waals surface area contributed by atoms with Crippen molar-refractivity contribution in [1.29, 1.82) is 0 Å². The molecule has 4 nitrogen and oxygen atoms in total. The number of hydrogen-bond acceptors (Lipinski definition) is 3. The number of rotatable bonds is 7. The van der Waals surface area contributed by atoms with Gasteiger partial charge in [-0.2, -0.15) is 0 Å². The van der Waals surface area contributed by atoms with Crippen molar-refractivity contribution in [2.45, 2.75) is 65.2 Å². The van der Waals surface area contributed by atoms with Crippen LogP contribution in [0, 0.1) is 5.92 Å². The lowest BCUT2D eigenvalue weighted by Crippen LogP contribution is -2.19. The highest BCUT2D eigenvalue weighted by Crippen LogP contribution is 2.40. The Kier molecular flexibility index (Phi) is 6.00. The molecule has 1 aliphatic carbocycles. The number of anilines is 1. The summed E-state index contributed by atoms with van der Waals surface area (Å²) in [6.07, 6.45) is 7.78. The minimum absolute atomic E-state index is 0.0203. The number of nitrogens with one attached hydrogen (secondary N) is 1. The Balaban J connectivity index is 2.20. The summed E-state index contributed by atoms with van der Waals surface area (Å²) in [7, 11) is 0. The smallest absolute Gasteiger partial charge is 0.251 e. The van der Waals surface area contributed by atoms with E-state index in [-0.39, 0.29) is 5.91 Å². The van der Waals surface area contributed by atoms with Crippen molar-refractivity contribution >= 4 is 28.2 Å². The second-order valence-electron chi connectivity index (χ2n) is 6.12. The zero-order chi connectivity index (χ0) is 16.1. The summed E-state index contributed by atoms with van der Waals surface area (Å²) in [4.78, 5) is 25.0. The molecule has 0 spiro atoms. The lowest BCUT2D eigenvalue weighted by molar-refractivity contribution is -0.116. The van der Waals surface area contributed by atoms with Crippen LogP contribution in [-0.2, 0) is 17.6 Å². The number of unbranched alkanes of at least 4 members (excludes halogenated alkanes) is 1. The molecule has 1 heterocycles. The van der Waals surface area contributed by atoms with E-state index in [1.54, 1.807) is 11.3 Å². The van der Waals surface area contributed by atoms with Gasteiger partial charge in [0.05, 0.1) is 5.56 Å². The first-order chi connectivity index (χ1) is 10.6. The lowest BCUT2D eigenvalue weighted by Gasteiger charge is -2.21. The molecule has 1 aliphatic rings. The minimum Gasteiger partial charge on any atom is -0.365 e. The molecule has 122 valence electrons. The Morgan fingerprint density at radius 2 is 2.09 bits per heavy atom. The number of fused-ring (bicyclic) bond motifs is 1. The molecule has 22 heavy (non-hydrogen) atoms. The number of primary amides is 1. The highest BCUT2D eigenvalue weighted by atomic mass is 32.1. The quantitative estimate of drug-likeness (QED) is 0.799. The summed E-state index contributed by atoms with van der Waals surface area (Å²) in [5, 5.41) is 3.57. The molecular formula is C17H26N2O2S. The molecular weight excluding hydrogens is 296 g/mol. The van der Waals surface area contributed by atoms with E-state index in [9.17, 15) is 9.59 Å². The van der Waals surface area contributed by atoms with Crippen LogP contribution in [0.2, 0.25) is 0 Å². The van der Waals surface area contributed by atoms with Crippen LogP contribution in [0.1, 0.15) is 73.2 Å². The lowest BCUT2D eigenvalue weighted by atomic mass is 9.84. The fourth-order valence-electron chi connectivity index (χ4n) is 3.18. The van der Waals surface area contributed by atoms with Crippen LogP contribution in [-0.4, -0.2) is 11.8 Å². The van der Waals surface area contributed by atoms with E-state index in [0.717, 1.165) is 37.7 Å². The summed E-state index contributed by atoms with van der Waals surface area (Å²) < 4.78 is 0. The third-order valence-electron chi connectivity index (χ3n) is 4.32. The summed E-state index contributed by atoms with van der Waals surface area (Å²) >= 11 is 1.55. The second-order valence-corrected chi connectivity index (χ2v) is 7.23. The van der Waals surface area contributed by atoms with Crippen molar-refractivity contribution in [3.63, 3.8) is 0 Å². The molecule has 0 saturated carbocycles. The predicted molar refractivity (Wildman–Crippen MR) is 91.4 cm³/mol. The van der Waals surface area contributed by atoms with Crippen molar-refractivity contribution in [2.24, 2.45) is 11.7 Å².